The summed E-state index contributed by atoms with van der Waals surface area (Å²) >= 11 is 0. The lowest BCUT2D eigenvalue weighted by Gasteiger charge is -2.15. The number of hydrogen-bond donors (Lipinski definition) is 3. The highest BCUT2D eigenvalue weighted by atomic mass is 16.5. The number of ether oxygens (including phenoxy) is 1. The minimum Gasteiger partial charge on any atom is -0.464 e. The Morgan fingerprint density at radius 1 is 1.21 bits per heavy atom. The van der Waals surface area contributed by atoms with Crippen molar-refractivity contribution in [2.45, 2.75) is 25.9 Å². The normalized spacial score (nSPS) is 12.7. The third-order valence-corrected chi connectivity index (χ3v) is 4.01. The second kappa shape index (κ2) is 9.65. The van der Waals surface area contributed by atoms with Crippen LogP contribution in [0, 0.1) is 0 Å². The number of amides is 2. The van der Waals surface area contributed by atoms with Crippen molar-refractivity contribution in [3.05, 3.63) is 47.8 Å². The van der Waals surface area contributed by atoms with Crippen LogP contribution in [0.1, 0.15) is 35.8 Å². The SMILES string of the molecule is CCOC(=O)C(C)NC(=O)c1ccc(NC(=O)C(NC)c2cnn(C)c2)cc1. The average molecular weight is 387 g/mol. The second-order valence-corrected chi connectivity index (χ2v) is 6.18. The van der Waals surface area contributed by atoms with Crippen LogP contribution in [-0.2, 0) is 21.4 Å². The lowest BCUT2D eigenvalue weighted by molar-refractivity contribution is -0.144. The highest BCUT2D eigenvalue weighted by molar-refractivity contribution is 5.98. The molecule has 0 aliphatic rings. The first-order valence-corrected chi connectivity index (χ1v) is 8.90. The van der Waals surface area contributed by atoms with E-state index in [0.717, 1.165) is 5.56 Å². The predicted octanol–water partition coefficient (Wildman–Crippen LogP) is 1.00. The van der Waals surface area contributed by atoms with Crippen LogP contribution in [0.3, 0.4) is 0 Å². The van der Waals surface area contributed by atoms with Gasteiger partial charge >= 0.3 is 5.97 Å². The van der Waals surface area contributed by atoms with E-state index in [1.54, 1.807) is 69.3 Å². The van der Waals surface area contributed by atoms with Gasteiger partial charge in [-0.25, -0.2) is 4.79 Å². The van der Waals surface area contributed by atoms with Crippen molar-refractivity contribution in [3.63, 3.8) is 0 Å². The summed E-state index contributed by atoms with van der Waals surface area (Å²) in [5, 5.41) is 12.4. The van der Waals surface area contributed by atoms with E-state index in [4.69, 9.17) is 4.74 Å². The van der Waals surface area contributed by atoms with E-state index < -0.39 is 24.0 Å². The van der Waals surface area contributed by atoms with Crippen LogP contribution in [0.25, 0.3) is 0 Å². The number of esters is 1. The van der Waals surface area contributed by atoms with E-state index in [1.165, 1.54) is 0 Å². The Bertz CT molecular complexity index is 831. The average Bonchev–Trinajstić information content (AvgIpc) is 3.09. The molecule has 0 saturated heterocycles. The van der Waals surface area contributed by atoms with Gasteiger partial charge in [0.1, 0.15) is 12.1 Å². The number of aryl methyl sites for hydroxylation is 1. The summed E-state index contributed by atoms with van der Waals surface area (Å²) in [6.07, 6.45) is 3.39. The van der Waals surface area contributed by atoms with Crippen LogP contribution in [0.2, 0.25) is 0 Å². The van der Waals surface area contributed by atoms with Gasteiger partial charge in [-0.15, -0.1) is 0 Å². The molecule has 2 unspecified atom stereocenters. The van der Waals surface area contributed by atoms with Crippen molar-refractivity contribution in [2.75, 3.05) is 19.0 Å². The standard InChI is InChI=1S/C19H25N5O4/c1-5-28-19(27)12(2)22-17(25)13-6-8-15(9-7-13)23-18(26)16(20-3)14-10-21-24(4)11-14/h6-12,16,20H,5H2,1-4H3,(H,22,25)(H,23,26). The smallest absolute Gasteiger partial charge is 0.328 e. The van der Waals surface area contributed by atoms with Gasteiger partial charge in [-0.2, -0.15) is 5.10 Å². The molecule has 0 saturated carbocycles. The molecule has 2 aromatic rings. The number of benzene rings is 1. The molecule has 9 heteroatoms. The Morgan fingerprint density at radius 3 is 2.43 bits per heavy atom. The maximum absolute atomic E-state index is 12.5. The van der Waals surface area contributed by atoms with Crippen molar-refractivity contribution in [1.82, 2.24) is 20.4 Å². The minimum absolute atomic E-state index is 0.247. The fourth-order valence-corrected chi connectivity index (χ4v) is 2.56. The van der Waals surface area contributed by atoms with Gasteiger partial charge in [0.05, 0.1) is 12.8 Å². The lowest BCUT2D eigenvalue weighted by atomic mass is 10.1. The van der Waals surface area contributed by atoms with E-state index in [-0.39, 0.29) is 12.5 Å². The summed E-state index contributed by atoms with van der Waals surface area (Å²) in [5.41, 5.74) is 1.65. The molecule has 0 radical (unpaired) electrons. The number of carbonyl (C=O) groups is 3. The highest BCUT2D eigenvalue weighted by Gasteiger charge is 2.21. The third kappa shape index (κ3) is 5.40. The van der Waals surface area contributed by atoms with Gasteiger partial charge in [0.25, 0.3) is 5.91 Å². The molecule has 150 valence electrons. The van der Waals surface area contributed by atoms with Gasteiger partial charge in [0, 0.05) is 30.1 Å². The molecule has 0 bridgehead atoms. The number of rotatable bonds is 8. The Balaban J connectivity index is 1.99. The maximum Gasteiger partial charge on any atom is 0.328 e. The van der Waals surface area contributed by atoms with Crippen LogP contribution in [0.5, 0.6) is 0 Å². The number of nitrogens with one attached hydrogen (secondary N) is 3. The van der Waals surface area contributed by atoms with Crippen molar-refractivity contribution >= 4 is 23.5 Å². The van der Waals surface area contributed by atoms with Crippen LogP contribution >= 0.6 is 0 Å². The first kappa shape index (κ1) is 21.1. The Morgan fingerprint density at radius 2 is 1.89 bits per heavy atom. The fourth-order valence-electron chi connectivity index (χ4n) is 2.56. The largest absolute Gasteiger partial charge is 0.464 e. The molecule has 1 aromatic carbocycles. The van der Waals surface area contributed by atoms with E-state index in [1.807, 2.05) is 0 Å². The van der Waals surface area contributed by atoms with E-state index in [9.17, 15) is 14.4 Å². The zero-order chi connectivity index (χ0) is 20.7. The predicted molar refractivity (Wildman–Crippen MR) is 104 cm³/mol. The Kier molecular flexibility index (Phi) is 7.28. The number of aromatic nitrogens is 2. The molecule has 0 aliphatic heterocycles. The molecule has 9 nitrogen and oxygen atoms in total. The summed E-state index contributed by atoms with van der Waals surface area (Å²) in [6.45, 7) is 3.51. The topological polar surface area (TPSA) is 114 Å². The maximum atomic E-state index is 12.5. The second-order valence-electron chi connectivity index (χ2n) is 6.18. The monoisotopic (exact) mass is 387 g/mol. The van der Waals surface area contributed by atoms with Gasteiger partial charge in [0.2, 0.25) is 5.91 Å². The molecule has 2 rings (SSSR count). The molecule has 1 aromatic heterocycles. The van der Waals surface area contributed by atoms with Crippen molar-refractivity contribution in [2.24, 2.45) is 7.05 Å². The Hall–Kier alpha value is -3.20. The van der Waals surface area contributed by atoms with Gasteiger partial charge in [-0.3, -0.25) is 14.3 Å². The molecule has 1 heterocycles. The van der Waals surface area contributed by atoms with Crippen molar-refractivity contribution in [3.8, 4) is 0 Å². The molecular formula is C19H25N5O4. The number of hydrogen-bond acceptors (Lipinski definition) is 6. The van der Waals surface area contributed by atoms with Crippen LogP contribution in [-0.4, -0.2) is 47.3 Å². The first-order chi connectivity index (χ1) is 13.3. The molecular weight excluding hydrogens is 362 g/mol. The van der Waals surface area contributed by atoms with E-state index in [2.05, 4.69) is 21.0 Å². The molecule has 2 atom stereocenters. The lowest BCUT2D eigenvalue weighted by Crippen LogP contribution is -2.39. The molecule has 0 fully saturated rings. The number of anilines is 1. The van der Waals surface area contributed by atoms with Crippen molar-refractivity contribution in [1.29, 1.82) is 0 Å². The first-order valence-electron chi connectivity index (χ1n) is 8.90. The summed E-state index contributed by atoms with van der Waals surface area (Å²) < 4.78 is 6.48. The molecule has 3 N–H and O–H groups in total. The zero-order valence-electron chi connectivity index (χ0n) is 16.4. The fraction of sp³-hybridized carbons (Fsp3) is 0.368. The Labute approximate surface area is 163 Å². The molecule has 28 heavy (non-hydrogen) atoms. The van der Waals surface area contributed by atoms with Gasteiger partial charge < -0.3 is 20.7 Å². The minimum atomic E-state index is -0.748. The zero-order valence-corrected chi connectivity index (χ0v) is 16.4. The third-order valence-electron chi connectivity index (χ3n) is 4.01. The van der Waals surface area contributed by atoms with E-state index in [0.29, 0.717) is 11.3 Å². The van der Waals surface area contributed by atoms with Crippen LogP contribution < -0.4 is 16.0 Å². The highest BCUT2D eigenvalue weighted by Crippen LogP contribution is 2.16. The van der Waals surface area contributed by atoms with Crippen molar-refractivity contribution < 1.29 is 19.1 Å². The molecule has 0 aliphatic carbocycles. The number of carbonyl (C=O) groups excluding carboxylic acids is 3. The molecule has 2 amide bonds. The molecule has 0 spiro atoms. The van der Waals surface area contributed by atoms with Gasteiger partial charge in [0.15, 0.2) is 0 Å². The van der Waals surface area contributed by atoms with Gasteiger partial charge in [-0.05, 0) is 45.2 Å². The van der Waals surface area contributed by atoms with Crippen LogP contribution in [0.4, 0.5) is 5.69 Å². The number of likely N-dealkylation sites (N-methyl/N-ethyl adjacent to an activating group) is 1. The van der Waals surface area contributed by atoms with E-state index >= 15 is 0 Å². The quantitative estimate of drug-likeness (QED) is 0.582. The summed E-state index contributed by atoms with van der Waals surface area (Å²) in [5.74, 6) is -1.14. The summed E-state index contributed by atoms with van der Waals surface area (Å²) in [4.78, 5) is 36.3. The van der Waals surface area contributed by atoms with Crippen LogP contribution in [0.15, 0.2) is 36.7 Å². The van der Waals surface area contributed by atoms with Gasteiger partial charge in [-0.1, -0.05) is 0 Å². The summed E-state index contributed by atoms with van der Waals surface area (Å²) in [7, 11) is 3.47. The number of nitrogens with zero attached hydrogens (tertiary/aromatic N) is 2. The summed E-state index contributed by atoms with van der Waals surface area (Å²) in [6, 6.07) is 5.09.